The zero-order valence-electron chi connectivity index (χ0n) is 18.5. The molecule has 170 valence electrons. The first-order valence-corrected chi connectivity index (χ1v) is 11.5. The second-order valence-electron chi connectivity index (χ2n) is 8.98. The van der Waals surface area contributed by atoms with Crippen molar-refractivity contribution in [3.8, 4) is 11.3 Å². The molecule has 3 N–H and O–H groups in total. The quantitative estimate of drug-likeness (QED) is 0.436. The lowest BCUT2D eigenvalue weighted by molar-refractivity contribution is -0.137. The molecule has 2 aliphatic rings. The van der Waals surface area contributed by atoms with E-state index in [2.05, 4.69) is 39.0 Å². The van der Waals surface area contributed by atoms with E-state index < -0.39 is 11.6 Å². The third kappa shape index (κ3) is 4.84. The Labute approximate surface area is 188 Å². The van der Waals surface area contributed by atoms with Crippen molar-refractivity contribution in [1.82, 2.24) is 25.7 Å². The van der Waals surface area contributed by atoms with E-state index in [1.54, 1.807) is 0 Å². The number of aryl methyl sites for hydroxylation is 1. The van der Waals surface area contributed by atoms with Gasteiger partial charge >= 0.3 is 6.03 Å². The molecule has 8 nitrogen and oxygen atoms in total. The highest BCUT2D eigenvalue weighted by atomic mass is 16.2. The molecular weight excluding hydrogens is 406 g/mol. The van der Waals surface area contributed by atoms with Crippen molar-refractivity contribution in [2.75, 3.05) is 13.6 Å². The summed E-state index contributed by atoms with van der Waals surface area (Å²) in [4.78, 5) is 38.1. The number of benzene rings is 1. The van der Waals surface area contributed by atoms with E-state index >= 15 is 0 Å². The summed E-state index contributed by atoms with van der Waals surface area (Å²) < 4.78 is 0. The van der Waals surface area contributed by atoms with Crippen LogP contribution in [-0.2, 0) is 16.0 Å². The molecule has 4 amide bonds. The van der Waals surface area contributed by atoms with Gasteiger partial charge in [-0.3, -0.25) is 20.0 Å². The van der Waals surface area contributed by atoms with E-state index in [0.29, 0.717) is 25.7 Å². The van der Waals surface area contributed by atoms with Crippen molar-refractivity contribution in [1.29, 1.82) is 0 Å². The van der Waals surface area contributed by atoms with Crippen LogP contribution in [0.1, 0.15) is 50.6 Å². The van der Waals surface area contributed by atoms with Gasteiger partial charge in [0, 0.05) is 30.8 Å². The Balaban J connectivity index is 1.15. The molecule has 1 saturated heterocycles. The zero-order chi connectivity index (χ0) is 22.6. The number of H-pyrrole nitrogens is 1. The van der Waals surface area contributed by atoms with Crippen LogP contribution < -0.4 is 10.6 Å². The number of unbranched alkanes of at least 4 members (excludes halogenated alkanes) is 2. The van der Waals surface area contributed by atoms with Crippen LogP contribution in [0.15, 0.2) is 36.4 Å². The van der Waals surface area contributed by atoms with Gasteiger partial charge in [-0.15, -0.1) is 0 Å². The molecule has 0 unspecified atom stereocenters. The molecule has 0 bridgehead atoms. The largest absolute Gasteiger partial charge is 0.346 e. The van der Waals surface area contributed by atoms with Crippen LogP contribution in [0.25, 0.3) is 11.3 Å². The van der Waals surface area contributed by atoms with Crippen LogP contribution in [0, 0.1) is 5.92 Å². The molecule has 1 saturated carbocycles. The number of hydrogen-bond donors (Lipinski definition) is 3. The van der Waals surface area contributed by atoms with Gasteiger partial charge in [0.1, 0.15) is 5.54 Å². The molecule has 0 radical (unpaired) electrons. The Morgan fingerprint density at radius 3 is 2.56 bits per heavy atom. The minimum absolute atomic E-state index is 0.0719. The third-order valence-electron chi connectivity index (χ3n) is 6.72. The first kappa shape index (κ1) is 22.0. The molecule has 1 aromatic carbocycles. The second kappa shape index (κ2) is 9.54. The first-order valence-electron chi connectivity index (χ1n) is 11.5. The Morgan fingerprint density at radius 1 is 1.12 bits per heavy atom. The fourth-order valence-corrected chi connectivity index (χ4v) is 4.75. The standard InChI is InChI=1S/C24H31N5O3/c1-29(21(30)18-11-13-24(14-12-18)22(31)25-23(32)26-24)15-7-3-6-10-19-16-20(28-27-19)17-8-4-2-5-9-17/h2,4-5,8-9,16,18H,3,6-7,10-15H2,1H3,(H,27,28)(H2,25,26,31,32). The average Bonchev–Trinajstić information content (AvgIpc) is 3.38. The maximum absolute atomic E-state index is 12.8. The van der Waals surface area contributed by atoms with Crippen LogP contribution in [0.3, 0.4) is 0 Å². The smallest absolute Gasteiger partial charge is 0.322 e. The fraction of sp³-hybridized carbons (Fsp3) is 0.500. The van der Waals surface area contributed by atoms with Crippen LogP contribution in [-0.4, -0.2) is 52.1 Å². The molecule has 32 heavy (non-hydrogen) atoms. The Morgan fingerprint density at radius 2 is 1.88 bits per heavy atom. The summed E-state index contributed by atoms with van der Waals surface area (Å²) in [5.41, 5.74) is 2.40. The number of urea groups is 1. The molecule has 1 spiro atoms. The molecule has 4 rings (SSSR count). The number of hydrogen-bond acceptors (Lipinski definition) is 4. The highest BCUT2D eigenvalue weighted by molar-refractivity contribution is 6.07. The maximum atomic E-state index is 12.8. The van der Waals surface area contributed by atoms with Crippen molar-refractivity contribution in [3.63, 3.8) is 0 Å². The summed E-state index contributed by atoms with van der Waals surface area (Å²) >= 11 is 0. The predicted molar refractivity (Wildman–Crippen MR) is 121 cm³/mol. The number of nitrogens with zero attached hydrogens (tertiary/aromatic N) is 2. The predicted octanol–water partition coefficient (Wildman–Crippen LogP) is 3.02. The molecule has 0 atom stereocenters. The van der Waals surface area contributed by atoms with Gasteiger partial charge in [-0.25, -0.2) is 4.79 Å². The molecule has 1 aromatic heterocycles. The molecular formula is C24H31N5O3. The van der Waals surface area contributed by atoms with E-state index in [1.807, 2.05) is 30.1 Å². The number of nitrogens with one attached hydrogen (secondary N) is 3. The van der Waals surface area contributed by atoms with Crippen LogP contribution in [0.4, 0.5) is 4.79 Å². The molecule has 2 heterocycles. The Kier molecular flexibility index (Phi) is 6.58. The van der Waals surface area contributed by atoms with E-state index in [-0.39, 0.29) is 17.7 Å². The van der Waals surface area contributed by atoms with E-state index in [1.165, 1.54) is 0 Å². The van der Waals surface area contributed by atoms with E-state index in [0.717, 1.165) is 49.2 Å². The SMILES string of the molecule is CN(CCCCCc1cc(-c2ccccc2)n[nH]1)C(=O)C1CCC2(CC1)NC(=O)NC2=O. The summed E-state index contributed by atoms with van der Waals surface area (Å²) in [6.07, 6.45) is 6.26. The topological polar surface area (TPSA) is 107 Å². The van der Waals surface area contributed by atoms with Crippen molar-refractivity contribution in [2.45, 2.75) is 56.9 Å². The van der Waals surface area contributed by atoms with Crippen LogP contribution >= 0.6 is 0 Å². The fourth-order valence-electron chi connectivity index (χ4n) is 4.75. The number of carbonyl (C=O) groups excluding carboxylic acids is 3. The van der Waals surface area contributed by atoms with Crippen LogP contribution in [0.2, 0.25) is 0 Å². The molecule has 2 fully saturated rings. The maximum Gasteiger partial charge on any atom is 0.322 e. The number of rotatable bonds is 8. The average molecular weight is 438 g/mol. The summed E-state index contributed by atoms with van der Waals surface area (Å²) in [7, 11) is 1.86. The zero-order valence-corrected chi connectivity index (χ0v) is 18.5. The van der Waals surface area contributed by atoms with Gasteiger partial charge in [-0.2, -0.15) is 5.10 Å². The highest BCUT2D eigenvalue weighted by Crippen LogP contribution is 2.35. The molecule has 1 aliphatic heterocycles. The summed E-state index contributed by atoms with van der Waals surface area (Å²) in [6, 6.07) is 11.8. The first-order chi connectivity index (χ1) is 15.5. The number of aromatic nitrogens is 2. The minimum atomic E-state index is -0.806. The summed E-state index contributed by atoms with van der Waals surface area (Å²) in [6.45, 7) is 0.732. The summed E-state index contributed by atoms with van der Waals surface area (Å²) in [5.74, 6) is -0.183. The van der Waals surface area contributed by atoms with Gasteiger partial charge in [-0.1, -0.05) is 36.8 Å². The van der Waals surface area contributed by atoms with Crippen molar-refractivity contribution >= 4 is 17.8 Å². The van der Waals surface area contributed by atoms with Gasteiger partial charge in [-0.05, 0) is 51.0 Å². The van der Waals surface area contributed by atoms with Crippen molar-refractivity contribution in [2.24, 2.45) is 5.92 Å². The molecule has 1 aliphatic carbocycles. The van der Waals surface area contributed by atoms with Crippen LogP contribution in [0.5, 0.6) is 0 Å². The number of amides is 4. The van der Waals surface area contributed by atoms with Gasteiger partial charge < -0.3 is 10.2 Å². The second-order valence-corrected chi connectivity index (χ2v) is 8.98. The highest BCUT2D eigenvalue weighted by Gasteiger charge is 2.49. The van der Waals surface area contributed by atoms with Gasteiger partial charge in [0.25, 0.3) is 5.91 Å². The number of carbonyl (C=O) groups is 3. The van der Waals surface area contributed by atoms with Gasteiger partial charge in [0.05, 0.1) is 5.69 Å². The van der Waals surface area contributed by atoms with E-state index in [9.17, 15) is 14.4 Å². The number of imide groups is 1. The summed E-state index contributed by atoms with van der Waals surface area (Å²) in [5, 5.41) is 12.6. The molecule has 8 heteroatoms. The minimum Gasteiger partial charge on any atom is -0.346 e. The lowest BCUT2D eigenvalue weighted by Crippen LogP contribution is -2.51. The Bertz CT molecular complexity index is 963. The lowest BCUT2D eigenvalue weighted by Gasteiger charge is -2.35. The number of aromatic amines is 1. The van der Waals surface area contributed by atoms with Gasteiger partial charge in [0.15, 0.2) is 0 Å². The van der Waals surface area contributed by atoms with E-state index in [4.69, 9.17) is 0 Å². The lowest BCUT2D eigenvalue weighted by atomic mass is 9.76. The monoisotopic (exact) mass is 437 g/mol. The third-order valence-corrected chi connectivity index (χ3v) is 6.72. The normalized spacial score (nSPS) is 22.6. The van der Waals surface area contributed by atoms with Gasteiger partial charge in [0.2, 0.25) is 5.91 Å². The van der Waals surface area contributed by atoms with Crippen molar-refractivity contribution < 1.29 is 14.4 Å². The molecule has 2 aromatic rings. The van der Waals surface area contributed by atoms with Crippen molar-refractivity contribution in [3.05, 3.63) is 42.1 Å². The Hall–Kier alpha value is -3.16.